The molecule has 0 bridgehead atoms. The monoisotopic (exact) mass is 409 g/mol. The van der Waals surface area contributed by atoms with Gasteiger partial charge in [-0.05, 0) is 49.2 Å². The van der Waals surface area contributed by atoms with Crippen LogP contribution in [0.2, 0.25) is 0 Å². The van der Waals surface area contributed by atoms with E-state index in [1.54, 1.807) is 14.2 Å². The van der Waals surface area contributed by atoms with Crippen molar-refractivity contribution in [3.8, 4) is 28.6 Å². The van der Waals surface area contributed by atoms with E-state index in [1.165, 1.54) is 11.8 Å². The number of ether oxygens (including phenoxy) is 2. The van der Waals surface area contributed by atoms with Gasteiger partial charge in [0.2, 0.25) is 0 Å². The molecular formula is C22H23N3O3S. The molecule has 6 nitrogen and oxygen atoms in total. The predicted molar refractivity (Wildman–Crippen MR) is 113 cm³/mol. The molecule has 4 rings (SSSR count). The van der Waals surface area contributed by atoms with E-state index < -0.39 is 0 Å². The van der Waals surface area contributed by atoms with Crippen LogP contribution in [0.4, 0.5) is 0 Å². The smallest absolute Gasteiger partial charge is 0.196 e. The fourth-order valence-electron chi connectivity index (χ4n) is 3.46. The summed E-state index contributed by atoms with van der Waals surface area (Å²) in [6, 6.07) is 15.5. The number of carbonyl (C=O) groups excluding carboxylic acids is 1. The fraction of sp³-hybridized carbons (Fsp3) is 0.318. The molecule has 1 saturated carbocycles. The van der Waals surface area contributed by atoms with Crippen molar-refractivity contribution in [3.63, 3.8) is 0 Å². The highest BCUT2D eigenvalue weighted by Crippen LogP contribution is 2.35. The van der Waals surface area contributed by atoms with Crippen LogP contribution in [0.3, 0.4) is 0 Å². The molecular weight excluding hydrogens is 386 g/mol. The van der Waals surface area contributed by atoms with Gasteiger partial charge < -0.3 is 9.47 Å². The van der Waals surface area contributed by atoms with Crippen LogP contribution in [0.1, 0.15) is 25.7 Å². The lowest BCUT2D eigenvalue weighted by Crippen LogP contribution is -2.21. The highest BCUT2D eigenvalue weighted by atomic mass is 32.2. The molecule has 150 valence electrons. The Bertz CT molecular complexity index is 1000. The molecule has 1 heterocycles. The lowest BCUT2D eigenvalue weighted by Gasteiger charge is -2.20. The summed E-state index contributed by atoms with van der Waals surface area (Å²) in [4.78, 5) is 12.4. The number of thioether (sulfide) groups is 1. The number of ketones is 1. The van der Waals surface area contributed by atoms with Gasteiger partial charge in [-0.1, -0.05) is 30.3 Å². The molecule has 3 aromatic rings. The summed E-state index contributed by atoms with van der Waals surface area (Å²) in [7, 11) is 3.29. The zero-order valence-corrected chi connectivity index (χ0v) is 17.3. The van der Waals surface area contributed by atoms with Gasteiger partial charge in [0.1, 0.15) is 17.3 Å². The molecule has 1 atom stereocenters. The lowest BCUT2D eigenvalue weighted by atomic mass is 9.99. The first-order chi connectivity index (χ1) is 14.2. The van der Waals surface area contributed by atoms with E-state index in [1.807, 2.05) is 53.1 Å². The molecule has 0 radical (unpaired) electrons. The third-order valence-electron chi connectivity index (χ3n) is 5.04. The number of benzene rings is 2. The van der Waals surface area contributed by atoms with Crippen LogP contribution in [-0.2, 0) is 4.79 Å². The molecule has 1 aliphatic carbocycles. The van der Waals surface area contributed by atoms with Crippen molar-refractivity contribution in [2.45, 2.75) is 36.1 Å². The van der Waals surface area contributed by atoms with Crippen molar-refractivity contribution in [2.24, 2.45) is 0 Å². The topological polar surface area (TPSA) is 66.2 Å². The Balaban J connectivity index is 1.78. The quantitative estimate of drug-likeness (QED) is 0.595. The minimum Gasteiger partial charge on any atom is -0.497 e. The average Bonchev–Trinajstić information content (AvgIpc) is 3.19. The maximum atomic E-state index is 12.4. The molecule has 1 aromatic heterocycles. The molecule has 1 unspecified atom stereocenters. The van der Waals surface area contributed by atoms with Gasteiger partial charge in [0.15, 0.2) is 11.0 Å². The molecule has 1 fully saturated rings. The summed E-state index contributed by atoms with van der Waals surface area (Å²) in [5, 5.41) is 9.56. The summed E-state index contributed by atoms with van der Waals surface area (Å²) in [6.07, 6.45) is 3.59. The minimum absolute atomic E-state index is 0.0666. The van der Waals surface area contributed by atoms with Crippen molar-refractivity contribution < 1.29 is 14.3 Å². The number of aromatic nitrogens is 3. The largest absolute Gasteiger partial charge is 0.497 e. The Hall–Kier alpha value is -2.80. The van der Waals surface area contributed by atoms with Gasteiger partial charge in [-0.3, -0.25) is 9.36 Å². The number of hydrogen-bond donors (Lipinski definition) is 0. The van der Waals surface area contributed by atoms with Crippen LogP contribution in [0, 0.1) is 0 Å². The third kappa shape index (κ3) is 4.15. The summed E-state index contributed by atoms with van der Waals surface area (Å²) in [5.74, 6) is 2.54. The van der Waals surface area contributed by atoms with Gasteiger partial charge in [0.05, 0.1) is 19.5 Å². The van der Waals surface area contributed by atoms with Crippen LogP contribution < -0.4 is 9.47 Å². The Labute approximate surface area is 174 Å². The van der Waals surface area contributed by atoms with Gasteiger partial charge in [0.25, 0.3) is 0 Å². The Morgan fingerprint density at radius 2 is 1.79 bits per heavy atom. The number of methoxy groups -OCH3 is 2. The number of rotatable bonds is 6. The van der Waals surface area contributed by atoms with Crippen molar-refractivity contribution in [1.29, 1.82) is 0 Å². The van der Waals surface area contributed by atoms with E-state index in [-0.39, 0.29) is 5.25 Å². The van der Waals surface area contributed by atoms with Crippen molar-refractivity contribution in [3.05, 3.63) is 48.5 Å². The standard InChI is InChI=1S/C22H23N3O3S/c1-27-17-12-10-16(11-13-17)25-21(15-6-5-7-18(14-15)28-2)23-24-22(25)29-20-9-4-3-8-19(20)26/h5-7,10-14,20H,3-4,8-9H2,1-2H3. The van der Waals surface area contributed by atoms with Gasteiger partial charge in [-0.25, -0.2) is 0 Å². The first-order valence-corrected chi connectivity index (χ1v) is 10.5. The summed E-state index contributed by atoms with van der Waals surface area (Å²) < 4.78 is 12.7. The average molecular weight is 410 g/mol. The van der Waals surface area contributed by atoms with E-state index in [0.29, 0.717) is 23.2 Å². The number of nitrogens with zero attached hydrogens (tertiary/aromatic N) is 3. The molecule has 7 heteroatoms. The first-order valence-electron chi connectivity index (χ1n) is 9.63. The second kappa shape index (κ2) is 8.69. The van der Waals surface area contributed by atoms with E-state index in [0.717, 1.165) is 42.0 Å². The summed E-state index contributed by atoms with van der Waals surface area (Å²) in [5.41, 5.74) is 1.81. The number of hydrogen-bond acceptors (Lipinski definition) is 6. The van der Waals surface area contributed by atoms with Crippen LogP contribution in [0.25, 0.3) is 17.1 Å². The maximum Gasteiger partial charge on any atom is 0.196 e. The van der Waals surface area contributed by atoms with Gasteiger partial charge in [-0.2, -0.15) is 0 Å². The van der Waals surface area contributed by atoms with Crippen LogP contribution in [0.15, 0.2) is 53.7 Å². The molecule has 1 aliphatic rings. The predicted octanol–water partition coefficient (Wildman–Crippen LogP) is 4.56. The highest BCUT2D eigenvalue weighted by Gasteiger charge is 2.27. The fourth-order valence-corrected chi connectivity index (χ4v) is 4.64. The Morgan fingerprint density at radius 3 is 2.52 bits per heavy atom. The van der Waals surface area contributed by atoms with Crippen molar-refractivity contribution in [1.82, 2.24) is 14.8 Å². The van der Waals surface area contributed by atoms with Gasteiger partial charge >= 0.3 is 0 Å². The number of carbonyl (C=O) groups is 1. The Morgan fingerprint density at radius 1 is 1.00 bits per heavy atom. The lowest BCUT2D eigenvalue weighted by molar-refractivity contribution is -0.119. The van der Waals surface area contributed by atoms with Gasteiger partial charge in [0, 0.05) is 17.7 Å². The molecule has 2 aromatic carbocycles. The van der Waals surface area contributed by atoms with Crippen LogP contribution in [0.5, 0.6) is 11.5 Å². The van der Waals surface area contributed by atoms with Crippen molar-refractivity contribution in [2.75, 3.05) is 14.2 Å². The van der Waals surface area contributed by atoms with E-state index >= 15 is 0 Å². The molecule has 0 amide bonds. The molecule has 0 aliphatic heterocycles. The molecule has 0 N–H and O–H groups in total. The maximum absolute atomic E-state index is 12.4. The van der Waals surface area contributed by atoms with E-state index in [4.69, 9.17) is 9.47 Å². The second-order valence-corrected chi connectivity index (χ2v) is 8.06. The zero-order valence-electron chi connectivity index (χ0n) is 16.5. The van der Waals surface area contributed by atoms with Crippen LogP contribution >= 0.6 is 11.8 Å². The Kier molecular flexibility index (Phi) is 5.85. The van der Waals surface area contributed by atoms with E-state index in [2.05, 4.69) is 10.2 Å². The summed E-state index contributed by atoms with van der Waals surface area (Å²) in [6.45, 7) is 0. The van der Waals surface area contributed by atoms with Crippen molar-refractivity contribution >= 4 is 17.5 Å². The molecule has 0 saturated heterocycles. The molecule has 0 spiro atoms. The normalized spacial score (nSPS) is 16.6. The highest BCUT2D eigenvalue weighted by molar-refractivity contribution is 8.00. The third-order valence-corrected chi connectivity index (χ3v) is 6.30. The SMILES string of the molecule is COc1ccc(-n2c(SC3CCCCC3=O)nnc2-c2cccc(OC)c2)cc1. The second-order valence-electron chi connectivity index (χ2n) is 6.89. The first kappa shape index (κ1) is 19.5. The number of Topliss-reactive ketones (excluding diaryl/α,β-unsaturated/α-hetero) is 1. The van der Waals surface area contributed by atoms with Gasteiger partial charge in [-0.15, -0.1) is 10.2 Å². The zero-order chi connectivity index (χ0) is 20.2. The molecule has 29 heavy (non-hydrogen) atoms. The van der Waals surface area contributed by atoms with Crippen LogP contribution in [-0.4, -0.2) is 40.0 Å². The van der Waals surface area contributed by atoms with E-state index in [9.17, 15) is 4.79 Å². The summed E-state index contributed by atoms with van der Waals surface area (Å²) >= 11 is 1.51. The minimum atomic E-state index is -0.0666.